The smallest absolute Gasteiger partial charge is 0.244 e. The van der Waals surface area contributed by atoms with Gasteiger partial charge in [-0.1, -0.05) is 13.0 Å². The number of hydrogen-bond donors (Lipinski definition) is 1. The molecule has 0 aliphatic heterocycles. The van der Waals surface area contributed by atoms with Gasteiger partial charge in [-0.05, 0) is 31.5 Å². The normalized spacial score (nSPS) is 11.3. The van der Waals surface area contributed by atoms with Gasteiger partial charge in [0.05, 0.1) is 11.6 Å². The summed E-state index contributed by atoms with van der Waals surface area (Å²) in [6.07, 6.45) is 0.788. The minimum atomic E-state index is -0.268. The van der Waals surface area contributed by atoms with Crippen molar-refractivity contribution in [3.05, 3.63) is 29.8 Å². The molecular formula is C15H19N3O2. The number of carbonyl (C=O) groups excluding carboxylic acids is 2. The molecule has 0 bridgehead atoms. The highest BCUT2D eigenvalue weighted by molar-refractivity contribution is 5.94. The van der Waals surface area contributed by atoms with Gasteiger partial charge in [0.2, 0.25) is 11.8 Å². The summed E-state index contributed by atoms with van der Waals surface area (Å²) in [7, 11) is 0. The Morgan fingerprint density at radius 1 is 1.45 bits per heavy atom. The molecule has 1 aromatic carbocycles. The molecule has 1 rings (SSSR count). The molecule has 0 radical (unpaired) electrons. The molecule has 1 unspecified atom stereocenters. The van der Waals surface area contributed by atoms with Gasteiger partial charge in [-0.3, -0.25) is 9.59 Å². The lowest BCUT2D eigenvalue weighted by Crippen LogP contribution is -2.42. The SMILES string of the molecule is CCC(C)N(CC(=O)Nc1cccc(C#N)c1)C(C)=O. The van der Waals surface area contributed by atoms with Gasteiger partial charge in [-0.2, -0.15) is 5.26 Å². The minimum Gasteiger partial charge on any atom is -0.331 e. The topological polar surface area (TPSA) is 73.2 Å². The summed E-state index contributed by atoms with van der Waals surface area (Å²) in [5, 5.41) is 11.5. The van der Waals surface area contributed by atoms with Crippen LogP contribution >= 0.6 is 0 Å². The van der Waals surface area contributed by atoms with Crippen LogP contribution in [0.15, 0.2) is 24.3 Å². The van der Waals surface area contributed by atoms with Gasteiger partial charge < -0.3 is 10.2 Å². The van der Waals surface area contributed by atoms with E-state index in [0.717, 1.165) is 6.42 Å². The molecule has 1 atom stereocenters. The molecule has 1 N–H and O–H groups in total. The van der Waals surface area contributed by atoms with Crippen molar-refractivity contribution >= 4 is 17.5 Å². The molecule has 0 spiro atoms. The fourth-order valence-corrected chi connectivity index (χ4v) is 1.82. The molecule has 0 saturated carbocycles. The lowest BCUT2D eigenvalue weighted by Gasteiger charge is -2.26. The van der Waals surface area contributed by atoms with Gasteiger partial charge >= 0.3 is 0 Å². The summed E-state index contributed by atoms with van der Waals surface area (Å²) >= 11 is 0. The summed E-state index contributed by atoms with van der Waals surface area (Å²) in [4.78, 5) is 25.0. The third-order valence-electron chi connectivity index (χ3n) is 3.12. The number of amides is 2. The van der Waals surface area contributed by atoms with Crippen molar-refractivity contribution in [2.45, 2.75) is 33.2 Å². The maximum Gasteiger partial charge on any atom is 0.244 e. The standard InChI is InChI=1S/C15H19N3O2/c1-4-11(2)18(12(3)19)10-15(20)17-14-7-5-6-13(8-14)9-16/h5-8,11H,4,10H2,1-3H3,(H,17,20). The van der Waals surface area contributed by atoms with Crippen molar-refractivity contribution in [3.63, 3.8) is 0 Å². The van der Waals surface area contributed by atoms with Crippen LogP contribution in [-0.4, -0.2) is 29.3 Å². The molecule has 0 saturated heterocycles. The second kappa shape index (κ2) is 7.29. The van der Waals surface area contributed by atoms with E-state index in [4.69, 9.17) is 5.26 Å². The van der Waals surface area contributed by atoms with Crippen LogP contribution in [0.2, 0.25) is 0 Å². The number of nitriles is 1. The highest BCUT2D eigenvalue weighted by Gasteiger charge is 2.18. The van der Waals surface area contributed by atoms with Crippen LogP contribution in [0.25, 0.3) is 0 Å². The first-order valence-corrected chi connectivity index (χ1v) is 6.55. The van der Waals surface area contributed by atoms with E-state index in [0.29, 0.717) is 11.3 Å². The highest BCUT2D eigenvalue weighted by atomic mass is 16.2. The van der Waals surface area contributed by atoms with Crippen molar-refractivity contribution in [2.24, 2.45) is 0 Å². The second-order valence-corrected chi connectivity index (χ2v) is 4.64. The first-order valence-electron chi connectivity index (χ1n) is 6.55. The van der Waals surface area contributed by atoms with E-state index in [-0.39, 0.29) is 24.4 Å². The second-order valence-electron chi connectivity index (χ2n) is 4.64. The van der Waals surface area contributed by atoms with Gasteiger partial charge in [-0.15, -0.1) is 0 Å². The highest BCUT2D eigenvalue weighted by Crippen LogP contribution is 2.10. The summed E-state index contributed by atoms with van der Waals surface area (Å²) in [5.41, 5.74) is 1.04. The van der Waals surface area contributed by atoms with Crippen molar-refractivity contribution in [1.82, 2.24) is 4.90 Å². The number of rotatable bonds is 5. The molecule has 0 aliphatic rings. The summed E-state index contributed by atoms with van der Waals surface area (Å²) in [6.45, 7) is 5.34. The van der Waals surface area contributed by atoms with Crippen molar-refractivity contribution in [3.8, 4) is 6.07 Å². The van der Waals surface area contributed by atoms with Crippen LogP contribution in [0.1, 0.15) is 32.8 Å². The summed E-state index contributed by atoms with van der Waals surface area (Å²) in [5.74, 6) is -0.393. The maximum absolute atomic E-state index is 12.0. The third-order valence-corrected chi connectivity index (χ3v) is 3.12. The van der Waals surface area contributed by atoms with E-state index in [1.807, 2.05) is 19.9 Å². The predicted octanol–water partition coefficient (Wildman–Crippen LogP) is 2.14. The number of nitrogens with one attached hydrogen (secondary N) is 1. The first kappa shape index (κ1) is 15.7. The molecule has 0 aliphatic carbocycles. The van der Waals surface area contributed by atoms with Gasteiger partial charge in [-0.25, -0.2) is 0 Å². The summed E-state index contributed by atoms with van der Waals surface area (Å²) in [6, 6.07) is 8.70. The van der Waals surface area contributed by atoms with E-state index in [2.05, 4.69) is 5.32 Å². The average molecular weight is 273 g/mol. The molecule has 0 fully saturated rings. The Labute approximate surface area is 119 Å². The van der Waals surface area contributed by atoms with Gasteiger partial charge in [0.15, 0.2) is 0 Å². The summed E-state index contributed by atoms with van der Waals surface area (Å²) < 4.78 is 0. The number of nitrogens with zero attached hydrogens (tertiary/aromatic N) is 2. The fraction of sp³-hybridized carbons (Fsp3) is 0.400. The van der Waals surface area contributed by atoms with E-state index in [1.165, 1.54) is 11.8 Å². The molecule has 5 heteroatoms. The minimum absolute atomic E-state index is 0.0150. The van der Waals surface area contributed by atoms with E-state index in [1.54, 1.807) is 24.3 Å². The Kier molecular flexibility index (Phi) is 5.73. The zero-order chi connectivity index (χ0) is 15.1. The van der Waals surface area contributed by atoms with Crippen molar-refractivity contribution in [1.29, 1.82) is 5.26 Å². The molecular weight excluding hydrogens is 254 g/mol. The van der Waals surface area contributed by atoms with Crippen LogP contribution < -0.4 is 5.32 Å². The molecule has 0 aromatic heterocycles. The van der Waals surface area contributed by atoms with E-state index < -0.39 is 0 Å². The molecule has 1 aromatic rings. The van der Waals surface area contributed by atoms with Gasteiger partial charge in [0.1, 0.15) is 6.54 Å². The largest absolute Gasteiger partial charge is 0.331 e. The predicted molar refractivity (Wildman–Crippen MR) is 76.9 cm³/mol. The zero-order valence-corrected chi connectivity index (χ0v) is 12.0. The van der Waals surface area contributed by atoms with Crippen LogP contribution in [0.4, 0.5) is 5.69 Å². The first-order chi connectivity index (χ1) is 9.47. The van der Waals surface area contributed by atoms with Crippen LogP contribution in [0.3, 0.4) is 0 Å². The number of carbonyl (C=O) groups is 2. The average Bonchev–Trinajstić information content (AvgIpc) is 2.43. The van der Waals surface area contributed by atoms with Gasteiger partial charge in [0, 0.05) is 18.7 Å². The van der Waals surface area contributed by atoms with Crippen molar-refractivity contribution in [2.75, 3.05) is 11.9 Å². The maximum atomic E-state index is 12.0. The number of hydrogen-bond acceptors (Lipinski definition) is 3. The monoisotopic (exact) mass is 273 g/mol. The Hall–Kier alpha value is -2.35. The van der Waals surface area contributed by atoms with Gasteiger partial charge in [0.25, 0.3) is 0 Å². The van der Waals surface area contributed by atoms with E-state index >= 15 is 0 Å². The zero-order valence-electron chi connectivity index (χ0n) is 12.0. The molecule has 0 heterocycles. The van der Waals surface area contributed by atoms with Crippen molar-refractivity contribution < 1.29 is 9.59 Å². The lowest BCUT2D eigenvalue weighted by molar-refractivity contribution is -0.134. The third kappa shape index (κ3) is 4.39. The molecule has 106 valence electrons. The Morgan fingerprint density at radius 3 is 2.70 bits per heavy atom. The lowest BCUT2D eigenvalue weighted by atomic mass is 10.2. The Bertz CT molecular complexity index is 534. The number of anilines is 1. The molecule has 5 nitrogen and oxygen atoms in total. The Balaban J connectivity index is 2.71. The molecule has 2 amide bonds. The van der Waals surface area contributed by atoms with Crippen LogP contribution in [0, 0.1) is 11.3 Å². The number of benzene rings is 1. The quantitative estimate of drug-likeness (QED) is 0.893. The fourth-order valence-electron chi connectivity index (χ4n) is 1.82. The van der Waals surface area contributed by atoms with Crippen LogP contribution in [0.5, 0.6) is 0 Å². The van der Waals surface area contributed by atoms with E-state index in [9.17, 15) is 9.59 Å². The van der Waals surface area contributed by atoms with Crippen LogP contribution in [-0.2, 0) is 9.59 Å². The Morgan fingerprint density at radius 2 is 2.15 bits per heavy atom. The molecule has 20 heavy (non-hydrogen) atoms.